The lowest BCUT2D eigenvalue weighted by Gasteiger charge is -2.34. The van der Waals surface area contributed by atoms with Gasteiger partial charge in [0.05, 0.1) is 0 Å². The molecule has 1 aromatic carbocycles. The van der Waals surface area contributed by atoms with Crippen LogP contribution in [0.4, 0.5) is 0 Å². The van der Waals surface area contributed by atoms with Crippen molar-refractivity contribution in [3.63, 3.8) is 0 Å². The molecule has 1 aliphatic heterocycles. The Kier molecular flexibility index (Phi) is 3.75. The van der Waals surface area contributed by atoms with Crippen LogP contribution < -0.4 is 5.32 Å². The van der Waals surface area contributed by atoms with Gasteiger partial charge in [0.15, 0.2) is 0 Å². The Balaban J connectivity index is 2.09. The first-order valence-electron chi connectivity index (χ1n) is 5.84. The van der Waals surface area contributed by atoms with Gasteiger partial charge < -0.3 is 0 Å². The number of nitrogens with zero attached hydrogens (tertiary/aromatic N) is 2. The maximum Gasteiger partial charge on any atom is 0.0346 e. The molecule has 0 N–H and O–H groups in total. The fourth-order valence-corrected chi connectivity index (χ4v) is 2.31. The van der Waals surface area contributed by atoms with Crippen molar-refractivity contribution in [3.8, 4) is 0 Å². The second-order valence-corrected chi connectivity index (χ2v) is 4.04. The smallest absolute Gasteiger partial charge is 0.0346 e. The zero-order valence-corrected chi connectivity index (χ0v) is 9.39. The Bertz CT molecular complexity index is 278. The van der Waals surface area contributed by atoms with E-state index >= 15 is 0 Å². The average molecular weight is 203 g/mol. The summed E-state index contributed by atoms with van der Waals surface area (Å²) in [5.74, 6) is 0. The molecule has 1 fully saturated rings. The maximum atomic E-state index is 4.40. The highest BCUT2D eigenvalue weighted by molar-refractivity contribution is 5.19. The van der Waals surface area contributed by atoms with Gasteiger partial charge in [-0.3, -0.25) is 4.90 Å². The van der Waals surface area contributed by atoms with E-state index in [0.717, 1.165) is 26.2 Å². The van der Waals surface area contributed by atoms with Gasteiger partial charge in [-0.25, -0.2) is 5.32 Å². The summed E-state index contributed by atoms with van der Waals surface area (Å²) in [7, 11) is 0. The predicted octanol–water partition coefficient (Wildman–Crippen LogP) is 2.06. The summed E-state index contributed by atoms with van der Waals surface area (Å²) in [6.45, 7) is 6.51. The predicted molar refractivity (Wildman–Crippen MR) is 62.9 cm³/mol. The first-order chi connectivity index (χ1) is 7.42. The van der Waals surface area contributed by atoms with Crippen molar-refractivity contribution in [2.75, 3.05) is 26.2 Å². The summed E-state index contributed by atoms with van der Waals surface area (Å²) in [5.41, 5.74) is 1.45. The molecule has 0 saturated carbocycles. The molecule has 1 heterocycles. The molecule has 0 bridgehead atoms. The highest BCUT2D eigenvalue weighted by Crippen LogP contribution is 2.23. The van der Waals surface area contributed by atoms with E-state index in [4.69, 9.17) is 0 Å². The van der Waals surface area contributed by atoms with Gasteiger partial charge in [-0.05, 0) is 12.0 Å². The molecule has 1 aromatic rings. The van der Waals surface area contributed by atoms with E-state index in [1.165, 1.54) is 12.0 Å². The number of rotatable bonds is 3. The van der Waals surface area contributed by atoms with Crippen LogP contribution in [0.5, 0.6) is 0 Å². The fraction of sp³-hybridized carbons (Fsp3) is 0.538. The molecule has 0 aromatic heterocycles. The number of benzene rings is 1. The minimum absolute atomic E-state index is 0.585. The molecule has 1 atom stereocenters. The van der Waals surface area contributed by atoms with Gasteiger partial charge in [-0.2, -0.15) is 0 Å². The van der Waals surface area contributed by atoms with Crippen LogP contribution in [0.15, 0.2) is 30.3 Å². The quantitative estimate of drug-likeness (QED) is 0.735. The number of piperazine rings is 1. The fourth-order valence-electron chi connectivity index (χ4n) is 2.31. The van der Waals surface area contributed by atoms with Gasteiger partial charge >= 0.3 is 0 Å². The lowest BCUT2D eigenvalue weighted by atomic mass is 10.0. The third kappa shape index (κ3) is 2.58. The summed E-state index contributed by atoms with van der Waals surface area (Å²) in [6, 6.07) is 11.4. The summed E-state index contributed by atoms with van der Waals surface area (Å²) in [5, 5.41) is 4.40. The van der Waals surface area contributed by atoms with Gasteiger partial charge in [0.25, 0.3) is 0 Å². The zero-order valence-electron chi connectivity index (χ0n) is 9.39. The molecule has 0 aliphatic carbocycles. The maximum absolute atomic E-state index is 4.40. The van der Waals surface area contributed by atoms with Crippen molar-refractivity contribution in [2.24, 2.45) is 0 Å². The van der Waals surface area contributed by atoms with Gasteiger partial charge in [-0.15, -0.1) is 0 Å². The summed E-state index contributed by atoms with van der Waals surface area (Å²) in [4.78, 5) is 2.56. The van der Waals surface area contributed by atoms with E-state index in [0.29, 0.717) is 6.04 Å². The van der Waals surface area contributed by atoms with Crippen LogP contribution in [0, 0.1) is 0 Å². The first kappa shape index (κ1) is 10.7. The van der Waals surface area contributed by atoms with Crippen LogP contribution in [-0.4, -0.2) is 31.1 Å². The molecule has 1 aliphatic rings. The monoisotopic (exact) mass is 203 g/mol. The minimum atomic E-state index is 0.585. The summed E-state index contributed by atoms with van der Waals surface area (Å²) >= 11 is 0. The first-order valence-corrected chi connectivity index (χ1v) is 5.84. The second kappa shape index (κ2) is 5.29. The normalized spacial score (nSPS) is 20.1. The molecule has 2 rings (SSSR count). The van der Waals surface area contributed by atoms with Crippen LogP contribution in [-0.2, 0) is 0 Å². The molecule has 81 valence electrons. The topological polar surface area (TPSA) is 17.3 Å². The Morgan fingerprint density at radius 3 is 2.47 bits per heavy atom. The van der Waals surface area contributed by atoms with E-state index in [1.807, 2.05) is 0 Å². The van der Waals surface area contributed by atoms with E-state index in [9.17, 15) is 0 Å². The lowest BCUT2D eigenvalue weighted by molar-refractivity contribution is 0.167. The van der Waals surface area contributed by atoms with Crippen molar-refractivity contribution in [1.82, 2.24) is 10.2 Å². The molecular weight excluding hydrogens is 184 g/mol. The van der Waals surface area contributed by atoms with Gasteiger partial charge in [-0.1, -0.05) is 37.3 Å². The Morgan fingerprint density at radius 1 is 1.20 bits per heavy atom. The standard InChI is InChI=1S/C13H19N2/c1-2-13(12-6-4-3-5-7-12)15-10-8-14-9-11-15/h3-7,13H,2,8-11H2,1H3. The Labute approximate surface area is 92.3 Å². The molecule has 0 amide bonds. The third-order valence-corrected chi connectivity index (χ3v) is 3.10. The minimum Gasteiger partial charge on any atom is -0.294 e. The largest absolute Gasteiger partial charge is 0.294 e. The van der Waals surface area contributed by atoms with Crippen molar-refractivity contribution < 1.29 is 0 Å². The van der Waals surface area contributed by atoms with E-state index in [1.54, 1.807) is 0 Å². The Morgan fingerprint density at radius 2 is 1.87 bits per heavy atom. The van der Waals surface area contributed by atoms with Crippen LogP contribution >= 0.6 is 0 Å². The van der Waals surface area contributed by atoms with Crippen LogP contribution in [0.2, 0.25) is 0 Å². The van der Waals surface area contributed by atoms with E-state index in [-0.39, 0.29) is 0 Å². The summed E-state index contributed by atoms with van der Waals surface area (Å²) in [6.07, 6.45) is 1.18. The number of hydrogen-bond donors (Lipinski definition) is 0. The number of hydrogen-bond acceptors (Lipinski definition) is 1. The van der Waals surface area contributed by atoms with Crippen molar-refractivity contribution in [3.05, 3.63) is 35.9 Å². The molecule has 1 radical (unpaired) electrons. The highest BCUT2D eigenvalue weighted by atomic mass is 15.2. The lowest BCUT2D eigenvalue weighted by Crippen LogP contribution is -2.42. The second-order valence-electron chi connectivity index (χ2n) is 4.04. The zero-order chi connectivity index (χ0) is 10.5. The Hall–Kier alpha value is -0.860. The van der Waals surface area contributed by atoms with Crippen molar-refractivity contribution in [1.29, 1.82) is 0 Å². The molecule has 0 spiro atoms. The molecule has 1 unspecified atom stereocenters. The van der Waals surface area contributed by atoms with Gasteiger partial charge in [0.1, 0.15) is 0 Å². The van der Waals surface area contributed by atoms with Crippen molar-refractivity contribution >= 4 is 0 Å². The average Bonchev–Trinajstić information content (AvgIpc) is 2.33. The van der Waals surface area contributed by atoms with Gasteiger partial charge in [0.2, 0.25) is 0 Å². The van der Waals surface area contributed by atoms with E-state index < -0.39 is 0 Å². The van der Waals surface area contributed by atoms with Crippen LogP contribution in [0.1, 0.15) is 24.9 Å². The SMILES string of the molecule is CCC(c1ccccc1)N1CC[N]CC1. The molecule has 2 heteroatoms. The van der Waals surface area contributed by atoms with Gasteiger partial charge in [0, 0.05) is 32.2 Å². The van der Waals surface area contributed by atoms with E-state index in [2.05, 4.69) is 47.5 Å². The molecule has 15 heavy (non-hydrogen) atoms. The molecular formula is C13H19N2. The summed E-state index contributed by atoms with van der Waals surface area (Å²) < 4.78 is 0. The highest BCUT2D eigenvalue weighted by Gasteiger charge is 2.20. The molecule has 2 nitrogen and oxygen atoms in total. The third-order valence-electron chi connectivity index (χ3n) is 3.10. The van der Waals surface area contributed by atoms with Crippen molar-refractivity contribution in [2.45, 2.75) is 19.4 Å². The molecule has 1 saturated heterocycles. The van der Waals surface area contributed by atoms with Crippen LogP contribution in [0.25, 0.3) is 0 Å². The van der Waals surface area contributed by atoms with Crippen LogP contribution in [0.3, 0.4) is 0 Å².